The first-order valence-corrected chi connectivity index (χ1v) is 6.74. The van der Waals surface area contributed by atoms with Gasteiger partial charge in [0.05, 0.1) is 0 Å². The number of carbonyl (C=O) groups excluding carboxylic acids is 1. The van der Waals surface area contributed by atoms with Gasteiger partial charge in [0.25, 0.3) is 0 Å². The molecule has 0 saturated heterocycles. The summed E-state index contributed by atoms with van der Waals surface area (Å²) in [7, 11) is 0. The van der Waals surface area contributed by atoms with Gasteiger partial charge in [-0.2, -0.15) is 0 Å². The molecule has 0 atom stereocenters. The van der Waals surface area contributed by atoms with E-state index < -0.39 is 17.5 Å². The molecule has 5 nitrogen and oxygen atoms in total. The zero-order chi connectivity index (χ0) is 16.2. The lowest BCUT2D eigenvalue weighted by Gasteiger charge is -2.03. The Labute approximate surface area is 130 Å². The van der Waals surface area contributed by atoms with Crippen LogP contribution in [0.5, 0.6) is 0 Å². The number of halogens is 2. The van der Waals surface area contributed by atoms with Gasteiger partial charge in [-0.05, 0) is 24.3 Å². The molecule has 2 aromatic carbocycles. The summed E-state index contributed by atoms with van der Waals surface area (Å²) in [6.45, 7) is -0.0107. The second-order valence-electron chi connectivity index (χ2n) is 4.70. The molecule has 3 aromatic rings. The topological polar surface area (TPSA) is 68.0 Å². The molecule has 0 aliphatic rings. The summed E-state index contributed by atoms with van der Waals surface area (Å²) in [4.78, 5) is 11.9. The Balaban J connectivity index is 1.70. The van der Waals surface area contributed by atoms with E-state index in [2.05, 4.69) is 15.5 Å². The summed E-state index contributed by atoms with van der Waals surface area (Å²) in [6, 6.07) is 11.7. The molecule has 1 amide bonds. The molecule has 0 spiro atoms. The Bertz CT molecular complexity index is 849. The zero-order valence-corrected chi connectivity index (χ0v) is 11.8. The highest BCUT2D eigenvalue weighted by atomic mass is 19.1. The molecule has 1 N–H and O–H groups in total. The molecule has 116 valence electrons. The normalized spacial score (nSPS) is 10.5. The van der Waals surface area contributed by atoms with Gasteiger partial charge >= 0.3 is 11.8 Å². The van der Waals surface area contributed by atoms with Crippen molar-refractivity contribution in [1.29, 1.82) is 0 Å². The second kappa shape index (κ2) is 6.35. The van der Waals surface area contributed by atoms with Crippen molar-refractivity contribution < 1.29 is 18.0 Å². The van der Waals surface area contributed by atoms with Crippen LogP contribution < -0.4 is 5.32 Å². The summed E-state index contributed by atoms with van der Waals surface area (Å²) in [5, 5.41) is 9.80. The van der Waals surface area contributed by atoms with Gasteiger partial charge < -0.3 is 9.73 Å². The van der Waals surface area contributed by atoms with Crippen molar-refractivity contribution in [2.45, 2.75) is 6.54 Å². The molecule has 0 fully saturated rings. The van der Waals surface area contributed by atoms with Crippen LogP contribution in [0.1, 0.15) is 16.2 Å². The number of nitrogens with one attached hydrogen (secondary N) is 1. The summed E-state index contributed by atoms with van der Waals surface area (Å²) < 4.78 is 31.8. The minimum Gasteiger partial charge on any atom is -0.412 e. The first-order chi connectivity index (χ1) is 11.1. The summed E-state index contributed by atoms with van der Waals surface area (Å²) >= 11 is 0. The Morgan fingerprint density at radius 1 is 1.09 bits per heavy atom. The second-order valence-corrected chi connectivity index (χ2v) is 4.70. The van der Waals surface area contributed by atoms with Gasteiger partial charge in [0.2, 0.25) is 5.89 Å². The quantitative estimate of drug-likeness (QED) is 0.804. The van der Waals surface area contributed by atoms with Crippen molar-refractivity contribution in [2.24, 2.45) is 0 Å². The van der Waals surface area contributed by atoms with E-state index in [1.807, 2.05) is 0 Å². The molecule has 7 heteroatoms. The van der Waals surface area contributed by atoms with Crippen LogP contribution in [-0.2, 0) is 6.54 Å². The minimum absolute atomic E-state index is 0.0107. The lowest BCUT2D eigenvalue weighted by molar-refractivity contribution is 0.0916. The molecule has 1 heterocycles. The number of hydrogen-bond acceptors (Lipinski definition) is 4. The first kappa shape index (κ1) is 14.8. The lowest BCUT2D eigenvalue weighted by Crippen LogP contribution is -2.23. The predicted octanol–water partition coefficient (Wildman–Crippen LogP) is 2.94. The third-order valence-corrected chi connectivity index (χ3v) is 3.09. The average Bonchev–Trinajstić information content (AvgIpc) is 3.04. The third kappa shape index (κ3) is 3.39. The fraction of sp³-hybridized carbons (Fsp3) is 0.0625. The number of hydrogen-bond donors (Lipinski definition) is 1. The third-order valence-electron chi connectivity index (χ3n) is 3.09. The standard InChI is InChI=1S/C16H11F2N3O2/c17-12-6-3-5-10(8-12)15-20-21-16(23-15)14(22)19-9-11-4-1-2-7-13(11)18/h1-8H,9H2,(H,19,22). The molecule has 1 aromatic heterocycles. The predicted molar refractivity (Wildman–Crippen MR) is 77.3 cm³/mol. The van der Waals surface area contributed by atoms with Crippen molar-refractivity contribution in [1.82, 2.24) is 15.5 Å². The smallest absolute Gasteiger partial charge is 0.309 e. The molecular weight excluding hydrogens is 304 g/mol. The molecule has 0 unspecified atom stereocenters. The van der Waals surface area contributed by atoms with Gasteiger partial charge in [-0.3, -0.25) is 4.79 Å². The van der Waals surface area contributed by atoms with E-state index in [1.165, 1.54) is 24.3 Å². The Kier molecular flexibility index (Phi) is 4.09. The number of amides is 1. The van der Waals surface area contributed by atoms with Crippen molar-refractivity contribution >= 4 is 5.91 Å². The lowest BCUT2D eigenvalue weighted by atomic mass is 10.2. The number of nitrogens with zero attached hydrogens (tertiary/aromatic N) is 2. The highest BCUT2D eigenvalue weighted by Gasteiger charge is 2.16. The zero-order valence-electron chi connectivity index (χ0n) is 11.8. The van der Waals surface area contributed by atoms with Crippen LogP contribution in [0.15, 0.2) is 52.9 Å². The van der Waals surface area contributed by atoms with Crippen LogP contribution in [0.4, 0.5) is 8.78 Å². The van der Waals surface area contributed by atoms with Crippen LogP contribution in [0.2, 0.25) is 0 Å². The minimum atomic E-state index is -0.636. The molecule has 0 saturated carbocycles. The van der Waals surface area contributed by atoms with E-state index in [0.29, 0.717) is 11.1 Å². The van der Waals surface area contributed by atoms with Crippen molar-refractivity contribution in [3.8, 4) is 11.5 Å². The van der Waals surface area contributed by atoms with Crippen LogP contribution in [0, 0.1) is 11.6 Å². The van der Waals surface area contributed by atoms with Crippen molar-refractivity contribution in [3.63, 3.8) is 0 Å². The molecule has 0 bridgehead atoms. The maximum atomic E-state index is 13.5. The van der Waals surface area contributed by atoms with Crippen molar-refractivity contribution in [2.75, 3.05) is 0 Å². The number of benzene rings is 2. The van der Waals surface area contributed by atoms with Crippen LogP contribution in [0.3, 0.4) is 0 Å². The van der Waals surface area contributed by atoms with E-state index >= 15 is 0 Å². The molecule has 0 radical (unpaired) electrons. The van der Waals surface area contributed by atoms with Crippen LogP contribution in [-0.4, -0.2) is 16.1 Å². The van der Waals surface area contributed by atoms with Gasteiger partial charge in [-0.25, -0.2) is 8.78 Å². The van der Waals surface area contributed by atoms with Gasteiger partial charge in [0, 0.05) is 17.7 Å². The average molecular weight is 315 g/mol. The summed E-state index contributed by atoms with van der Waals surface area (Å²) in [5.74, 6) is -1.76. The van der Waals surface area contributed by atoms with E-state index in [-0.39, 0.29) is 18.3 Å². The maximum Gasteiger partial charge on any atom is 0.309 e. The SMILES string of the molecule is O=C(NCc1ccccc1F)c1nnc(-c2cccc(F)c2)o1. The summed E-state index contributed by atoms with van der Waals surface area (Å²) in [5.41, 5.74) is 0.705. The van der Waals surface area contributed by atoms with Gasteiger partial charge in [-0.15, -0.1) is 10.2 Å². The molecule has 23 heavy (non-hydrogen) atoms. The largest absolute Gasteiger partial charge is 0.412 e. The van der Waals surface area contributed by atoms with E-state index in [4.69, 9.17) is 4.42 Å². The van der Waals surface area contributed by atoms with E-state index in [1.54, 1.807) is 24.3 Å². The molecular formula is C16H11F2N3O2. The van der Waals surface area contributed by atoms with Crippen LogP contribution in [0.25, 0.3) is 11.5 Å². The van der Waals surface area contributed by atoms with Crippen LogP contribution >= 0.6 is 0 Å². The summed E-state index contributed by atoms with van der Waals surface area (Å²) in [6.07, 6.45) is 0. The van der Waals surface area contributed by atoms with Gasteiger partial charge in [0.15, 0.2) is 0 Å². The Morgan fingerprint density at radius 3 is 2.70 bits per heavy atom. The maximum absolute atomic E-state index is 13.5. The Morgan fingerprint density at radius 2 is 1.91 bits per heavy atom. The van der Waals surface area contributed by atoms with Gasteiger partial charge in [-0.1, -0.05) is 24.3 Å². The molecule has 3 rings (SSSR count). The van der Waals surface area contributed by atoms with Crippen molar-refractivity contribution in [3.05, 3.63) is 71.6 Å². The van der Waals surface area contributed by atoms with E-state index in [9.17, 15) is 13.6 Å². The van der Waals surface area contributed by atoms with E-state index in [0.717, 1.165) is 0 Å². The fourth-order valence-electron chi connectivity index (χ4n) is 1.95. The number of rotatable bonds is 4. The Hall–Kier alpha value is -3.09. The monoisotopic (exact) mass is 315 g/mol. The highest BCUT2D eigenvalue weighted by Crippen LogP contribution is 2.18. The highest BCUT2D eigenvalue weighted by molar-refractivity contribution is 5.89. The fourth-order valence-corrected chi connectivity index (χ4v) is 1.95. The molecule has 0 aliphatic carbocycles. The number of aromatic nitrogens is 2. The van der Waals surface area contributed by atoms with Gasteiger partial charge in [0.1, 0.15) is 11.6 Å². The molecule has 0 aliphatic heterocycles. The first-order valence-electron chi connectivity index (χ1n) is 6.74. The number of carbonyl (C=O) groups is 1.